The summed E-state index contributed by atoms with van der Waals surface area (Å²) in [6, 6.07) is 4.11. The van der Waals surface area contributed by atoms with E-state index in [1.54, 1.807) is 12.5 Å². The van der Waals surface area contributed by atoms with Crippen molar-refractivity contribution in [1.29, 1.82) is 0 Å². The van der Waals surface area contributed by atoms with E-state index >= 15 is 0 Å². The number of rotatable bonds is 1. The van der Waals surface area contributed by atoms with Crippen LogP contribution < -0.4 is 4.90 Å². The highest BCUT2D eigenvalue weighted by Crippen LogP contribution is 2.32. The topological polar surface area (TPSA) is 70.6 Å². The standard InChI is InChI=1S/C13H12N6/c1-3-9-4-2-6-19(12(9)14-5-1)13-11-10(7-17-18-11)15-8-16-13/h1,3,5,7-8H,2,4,6H2,(H,17,18). The average molecular weight is 252 g/mol. The molecule has 0 amide bonds. The van der Waals surface area contributed by atoms with Gasteiger partial charge in [-0.05, 0) is 24.5 Å². The number of nitrogens with zero attached hydrogens (tertiary/aromatic N) is 5. The zero-order valence-electron chi connectivity index (χ0n) is 10.2. The van der Waals surface area contributed by atoms with Gasteiger partial charge < -0.3 is 4.90 Å². The van der Waals surface area contributed by atoms with Crippen molar-refractivity contribution in [1.82, 2.24) is 25.1 Å². The molecule has 4 heterocycles. The van der Waals surface area contributed by atoms with Crippen molar-refractivity contribution < 1.29 is 0 Å². The SMILES string of the molecule is c1cnc2c(c1)CCCN2c1ncnc2cn[nH]c12. The minimum Gasteiger partial charge on any atom is -0.309 e. The van der Waals surface area contributed by atoms with Crippen LogP contribution in [0.25, 0.3) is 11.0 Å². The largest absolute Gasteiger partial charge is 0.309 e. The Bertz CT molecular complexity index is 735. The van der Waals surface area contributed by atoms with Crippen LogP contribution >= 0.6 is 0 Å². The van der Waals surface area contributed by atoms with E-state index in [1.165, 1.54) is 5.56 Å². The van der Waals surface area contributed by atoms with Crippen molar-refractivity contribution in [2.24, 2.45) is 0 Å². The molecule has 0 radical (unpaired) electrons. The average Bonchev–Trinajstić information content (AvgIpc) is 2.95. The van der Waals surface area contributed by atoms with Gasteiger partial charge in [0.15, 0.2) is 5.82 Å². The molecule has 4 rings (SSSR count). The lowest BCUT2D eigenvalue weighted by atomic mass is 10.1. The van der Waals surface area contributed by atoms with Crippen LogP contribution in [0.3, 0.4) is 0 Å². The van der Waals surface area contributed by atoms with Crippen LogP contribution in [0.5, 0.6) is 0 Å². The van der Waals surface area contributed by atoms with Crippen molar-refractivity contribution in [3.63, 3.8) is 0 Å². The molecule has 6 heteroatoms. The van der Waals surface area contributed by atoms with Crippen LogP contribution in [0.4, 0.5) is 11.6 Å². The number of H-pyrrole nitrogens is 1. The fraction of sp³-hybridized carbons (Fsp3) is 0.231. The maximum absolute atomic E-state index is 4.50. The Labute approximate surface area is 109 Å². The number of pyridine rings is 1. The molecule has 0 aromatic carbocycles. The first-order valence-electron chi connectivity index (χ1n) is 6.29. The van der Waals surface area contributed by atoms with Crippen LogP contribution in [0.1, 0.15) is 12.0 Å². The second-order valence-electron chi connectivity index (χ2n) is 4.57. The quantitative estimate of drug-likeness (QED) is 0.715. The maximum atomic E-state index is 4.50. The molecule has 0 fully saturated rings. The molecule has 1 N–H and O–H groups in total. The summed E-state index contributed by atoms with van der Waals surface area (Å²) < 4.78 is 0. The molecule has 3 aromatic heterocycles. The number of aryl methyl sites for hydroxylation is 1. The van der Waals surface area contributed by atoms with Gasteiger partial charge in [0.1, 0.15) is 23.2 Å². The number of aromatic amines is 1. The van der Waals surface area contributed by atoms with Crippen molar-refractivity contribution in [2.45, 2.75) is 12.8 Å². The highest BCUT2D eigenvalue weighted by Gasteiger charge is 2.22. The predicted octanol–water partition coefficient (Wildman–Crippen LogP) is 1.83. The summed E-state index contributed by atoms with van der Waals surface area (Å²) in [6.45, 7) is 0.912. The summed E-state index contributed by atoms with van der Waals surface area (Å²) in [5.41, 5.74) is 2.95. The van der Waals surface area contributed by atoms with Gasteiger partial charge in [-0.3, -0.25) is 5.10 Å². The van der Waals surface area contributed by atoms with Crippen molar-refractivity contribution >= 4 is 22.7 Å². The number of fused-ring (bicyclic) bond motifs is 2. The molecule has 0 bridgehead atoms. The van der Waals surface area contributed by atoms with Crippen LogP contribution in [0, 0.1) is 0 Å². The Balaban J connectivity index is 1.92. The molecular formula is C13H12N6. The van der Waals surface area contributed by atoms with E-state index < -0.39 is 0 Å². The molecule has 0 saturated carbocycles. The summed E-state index contributed by atoms with van der Waals surface area (Å²) in [6.07, 6.45) is 7.27. The molecule has 19 heavy (non-hydrogen) atoms. The minimum absolute atomic E-state index is 0.827. The molecular weight excluding hydrogens is 240 g/mol. The fourth-order valence-electron chi connectivity index (χ4n) is 2.57. The zero-order valence-corrected chi connectivity index (χ0v) is 10.2. The fourth-order valence-corrected chi connectivity index (χ4v) is 2.57. The van der Waals surface area contributed by atoms with Crippen LogP contribution in [0.2, 0.25) is 0 Å². The third kappa shape index (κ3) is 1.56. The molecule has 1 aliphatic rings. The molecule has 0 unspecified atom stereocenters. The van der Waals surface area contributed by atoms with E-state index in [4.69, 9.17) is 0 Å². The Morgan fingerprint density at radius 1 is 1.16 bits per heavy atom. The third-order valence-corrected chi connectivity index (χ3v) is 3.43. The smallest absolute Gasteiger partial charge is 0.163 e. The van der Waals surface area contributed by atoms with Crippen molar-refractivity contribution in [3.8, 4) is 0 Å². The first kappa shape index (κ1) is 10.4. The zero-order chi connectivity index (χ0) is 12.7. The number of aromatic nitrogens is 5. The second kappa shape index (κ2) is 4.01. The molecule has 1 aliphatic heterocycles. The summed E-state index contributed by atoms with van der Waals surface area (Å²) in [7, 11) is 0. The highest BCUT2D eigenvalue weighted by atomic mass is 15.3. The highest BCUT2D eigenvalue weighted by molar-refractivity contribution is 5.87. The van der Waals surface area contributed by atoms with E-state index in [9.17, 15) is 0 Å². The Hall–Kier alpha value is -2.50. The first-order chi connectivity index (χ1) is 9.43. The van der Waals surface area contributed by atoms with Crippen LogP contribution in [0.15, 0.2) is 30.9 Å². The van der Waals surface area contributed by atoms with Gasteiger partial charge >= 0.3 is 0 Å². The number of anilines is 2. The van der Waals surface area contributed by atoms with Gasteiger partial charge in [-0.2, -0.15) is 5.10 Å². The minimum atomic E-state index is 0.827. The first-order valence-corrected chi connectivity index (χ1v) is 6.29. The van der Waals surface area contributed by atoms with Gasteiger partial charge in [-0.25, -0.2) is 15.0 Å². The molecule has 0 aliphatic carbocycles. The lowest BCUT2D eigenvalue weighted by Crippen LogP contribution is -2.26. The van der Waals surface area contributed by atoms with Crippen LogP contribution in [-0.2, 0) is 6.42 Å². The van der Waals surface area contributed by atoms with Gasteiger partial charge in [0, 0.05) is 12.7 Å². The Morgan fingerprint density at radius 2 is 2.16 bits per heavy atom. The monoisotopic (exact) mass is 252 g/mol. The second-order valence-corrected chi connectivity index (χ2v) is 4.57. The summed E-state index contributed by atoms with van der Waals surface area (Å²) in [4.78, 5) is 15.2. The van der Waals surface area contributed by atoms with Gasteiger partial charge in [0.05, 0.1) is 6.20 Å². The Kier molecular flexibility index (Phi) is 2.20. The predicted molar refractivity (Wildman–Crippen MR) is 71.2 cm³/mol. The maximum Gasteiger partial charge on any atom is 0.163 e. The summed E-state index contributed by atoms with van der Waals surface area (Å²) >= 11 is 0. The lowest BCUT2D eigenvalue weighted by Gasteiger charge is -2.28. The third-order valence-electron chi connectivity index (χ3n) is 3.43. The normalized spacial score (nSPS) is 14.6. The van der Waals surface area contributed by atoms with Crippen molar-refractivity contribution in [2.75, 3.05) is 11.4 Å². The van der Waals surface area contributed by atoms with E-state index in [-0.39, 0.29) is 0 Å². The van der Waals surface area contributed by atoms with Crippen LogP contribution in [-0.4, -0.2) is 31.7 Å². The molecule has 0 spiro atoms. The summed E-state index contributed by atoms with van der Waals surface area (Å²) in [5.74, 6) is 1.84. The number of hydrogen-bond acceptors (Lipinski definition) is 5. The molecule has 94 valence electrons. The van der Waals surface area contributed by atoms with E-state index in [2.05, 4.69) is 36.1 Å². The molecule has 0 atom stereocenters. The summed E-state index contributed by atoms with van der Waals surface area (Å²) in [5, 5.41) is 7.01. The lowest BCUT2D eigenvalue weighted by molar-refractivity contribution is 0.746. The van der Waals surface area contributed by atoms with Gasteiger partial charge in [0.25, 0.3) is 0 Å². The molecule has 6 nitrogen and oxygen atoms in total. The van der Waals surface area contributed by atoms with E-state index in [0.29, 0.717) is 0 Å². The van der Waals surface area contributed by atoms with Gasteiger partial charge in [-0.15, -0.1) is 0 Å². The Morgan fingerprint density at radius 3 is 3.16 bits per heavy atom. The van der Waals surface area contributed by atoms with E-state index in [1.807, 2.05) is 12.3 Å². The van der Waals surface area contributed by atoms with E-state index in [0.717, 1.165) is 42.1 Å². The van der Waals surface area contributed by atoms with Gasteiger partial charge in [-0.1, -0.05) is 6.07 Å². The van der Waals surface area contributed by atoms with Crippen molar-refractivity contribution in [3.05, 3.63) is 36.4 Å². The molecule has 3 aromatic rings. The molecule has 0 saturated heterocycles. The number of nitrogens with one attached hydrogen (secondary N) is 1. The number of hydrogen-bond donors (Lipinski definition) is 1. The van der Waals surface area contributed by atoms with Gasteiger partial charge in [0.2, 0.25) is 0 Å².